The minimum Gasteiger partial charge on any atom is -0.467 e. The fourth-order valence-corrected chi connectivity index (χ4v) is 4.31. The van der Waals surface area contributed by atoms with E-state index in [0.29, 0.717) is 0 Å². The van der Waals surface area contributed by atoms with Gasteiger partial charge in [0.1, 0.15) is 0 Å². The number of hydrogen-bond acceptors (Lipinski definition) is 7. The number of benzene rings is 1. The van der Waals surface area contributed by atoms with Gasteiger partial charge in [-0.2, -0.15) is 8.42 Å². The summed E-state index contributed by atoms with van der Waals surface area (Å²) in [6.45, 7) is 3.70. The largest absolute Gasteiger partial charge is 0.467 e. The topological polar surface area (TPSA) is 99.1 Å². The van der Waals surface area contributed by atoms with Gasteiger partial charge in [0, 0.05) is 6.42 Å². The zero-order chi connectivity index (χ0) is 18.0. The second-order valence-corrected chi connectivity index (χ2v) is 7.77. The molecule has 0 bridgehead atoms. The van der Waals surface area contributed by atoms with Crippen molar-refractivity contribution >= 4 is 16.1 Å². The van der Waals surface area contributed by atoms with Gasteiger partial charge in [0.25, 0.3) is 10.1 Å². The Hall–Kier alpha value is -1.48. The van der Waals surface area contributed by atoms with Crippen molar-refractivity contribution in [2.45, 2.75) is 43.3 Å². The van der Waals surface area contributed by atoms with Crippen molar-refractivity contribution in [2.75, 3.05) is 7.11 Å². The van der Waals surface area contributed by atoms with E-state index in [1.165, 1.54) is 19.2 Å². The van der Waals surface area contributed by atoms with Crippen molar-refractivity contribution in [2.24, 2.45) is 11.8 Å². The molecule has 0 saturated heterocycles. The molecule has 0 radical (unpaired) electrons. The Labute approximate surface area is 141 Å². The lowest BCUT2D eigenvalue weighted by atomic mass is 9.71. The summed E-state index contributed by atoms with van der Waals surface area (Å²) < 4.78 is 35.3. The first-order chi connectivity index (χ1) is 11.3. The Bertz CT molecular complexity index is 673. The fourth-order valence-electron chi connectivity index (χ4n) is 3.10. The summed E-state index contributed by atoms with van der Waals surface area (Å²) in [6.07, 6.45) is -0.709. The summed E-state index contributed by atoms with van der Waals surface area (Å²) in [5, 5.41) is 9.12. The van der Waals surface area contributed by atoms with E-state index in [1.807, 2.05) is 13.8 Å². The highest BCUT2D eigenvalue weighted by Crippen LogP contribution is 2.42. The summed E-state index contributed by atoms with van der Waals surface area (Å²) in [6, 6.07) is 7.57. The average Bonchev–Trinajstić information content (AvgIpc) is 2.57. The third-order valence-corrected chi connectivity index (χ3v) is 6.05. The van der Waals surface area contributed by atoms with Crippen molar-refractivity contribution in [1.82, 2.24) is 0 Å². The molecule has 0 aromatic heterocycles. The molecule has 1 N–H and O–H groups in total. The maximum atomic E-state index is 12.6. The summed E-state index contributed by atoms with van der Waals surface area (Å²) >= 11 is 0. The van der Waals surface area contributed by atoms with Gasteiger partial charge in [0.05, 0.1) is 18.1 Å². The summed E-state index contributed by atoms with van der Waals surface area (Å²) in [5.41, 5.74) is -1.73. The van der Waals surface area contributed by atoms with Gasteiger partial charge in [0.2, 0.25) is 0 Å². The number of carbonyl (C=O) groups is 1. The smallest absolute Gasteiger partial charge is 0.339 e. The molecule has 0 heterocycles. The van der Waals surface area contributed by atoms with Crippen LogP contribution >= 0.6 is 0 Å². The minimum atomic E-state index is -4.18. The monoisotopic (exact) mass is 358 g/mol. The molecule has 7 nitrogen and oxygen atoms in total. The molecule has 0 spiro atoms. The van der Waals surface area contributed by atoms with E-state index in [-0.39, 0.29) is 29.6 Å². The minimum absolute atomic E-state index is 0.0546. The molecule has 0 amide bonds. The quantitative estimate of drug-likeness (QED) is 0.373. The zero-order valence-corrected chi connectivity index (χ0v) is 14.7. The van der Waals surface area contributed by atoms with E-state index < -0.39 is 27.8 Å². The van der Waals surface area contributed by atoms with Gasteiger partial charge in [-0.25, -0.2) is 13.9 Å². The fraction of sp³-hybridized carbons (Fsp3) is 0.562. The number of rotatable bonds is 5. The predicted octanol–water partition coefficient (Wildman–Crippen LogP) is 2.23. The van der Waals surface area contributed by atoms with E-state index >= 15 is 0 Å². The highest BCUT2D eigenvalue weighted by molar-refractivity contribution is 7.86. The van der Waals surface area contributed by atoms with Crippen LogP contribution in [0.1, 0.15) is 26.7 Å². The molecule has 1 aromatic carbocycles. The highest BCUT2D eigenvalue weighted by Gasteiger charge is 2.53. The first-order valence-electron chi connectivity index (χ1n) is 7.65. The van der Waals surface area contributed by atoms with Crippen molar-refractivity contribution in [3.8, 4) is 0 Å². The van der Waals surface area contributed by atoms with Gasteiger partial charge in [-0.3, -0.25) is 5.26 Å². The van der Waals surface area contributed by atoms with Crippen LogP contribution in [-0.2, 0) is 28.7 Å². The van der Waals surface area contributed by atoms with E-state index in [2.05, 4.69) is 4.89 Å². The van der Waals surface area contributed by atoms with Gasteiger partial charge in [-0.1, -0.05) is 32.0 Å². The van der Waals surface area contributed by atoms with Gasteiger partial charge in [-0.05, 0) is 30.4 Å². The number of methoxy groups -OCH3 is 1. The molecular weight excluding hydrogens is 336 g/mol. The van der Waals surface area contributed by atoms with Crippen LogP contribution in [-0.4, -0.2) is 38.5 Å². The van der Waals surface area contributed by atoms with E-state index in [9.17, 15) is 13.2 Å². The van der Waals surface area contributed by atoms with Gasteiger partial charge >= 0.3 is 5.97 Å². The second kappa shape index (κ2) is 7.18. The molecule has 1 aromatic rings. The van der Waals surface area contributed by atoms with Crippen LogP contribution in [0, 0.1) is 11.8 Å². The van der Waals surface area contributed by atoms with Gasteiger partial charge in [-0.15, -0.1) is 0 Å². The Kier molecular flexibility index (Phi) is 5.64. The van der Waals surface area contributed by atoms with Crippen molar-refractivity contribution in [1.29, 1.82) is 0 Å². The molecule has 1 fully saturated rings. The third-order valence-electron chi connectivity index (χ3n) is 4.66. The van der Waals surface area contributed by atoms with Crippen LogP contribution in [0.25, 0.3) is 0 Å². The average molecular weight is 358 g/mol. The normalized spacial score (nSPS) is 30.8. The van der Waals surface area contributed by atoms with Crippen LogP contribution in [0.3, 0.4) is 0 Å². The van der Waals surface area contributed by atoms with E-state index in [4.69, 9.17) is 14.2 Å². The van der Waals surface area contributed by atoms with Crippen LogP contribution < -0.4 is 0 Å². The Morgan fingerprint density at radius 3 is 2.38 bits per heavy atom. The highest BCUT2D eigenvalue weighted by atomic mass is 32.2. The van der Waals surface area contributed by atoms with E-state index in [0.717, 1.165) is 0 Å². The van der Waals surface area contributed by atoms with Gasteiger partial charge < -0.3 is 4.74 Å². The number of esters is 1. The van der Waals surface area contributed by atoms with Gasteiger partial charge in [0.15, 0.2) is 5.60 Å². The van der Waals surface area contributed by atoms with Crippen LogP contribution in [0.4, 0.5) is 0 Å². The summed E-state index contributed by atoms with van der Waals surface area (Å²) in [7, 11) is -3.02. The van der Waals surface area contributed by atoms with Crippen LogP contribution in [0.5, 0.6) is 0 Å². The summed E-state index contributed by atoms with van der Waals surface area (Å²) in [5.74, 6) is -1.00. The summed E-state index contributed by atoms with van der Waals surface area (Å²) in [4.78, 5) is 16.8. The molecule has 0 unspecified atom stereocenters. The Morgan fingerprint density at radius 1 is 1.21 bits per heavy atom. The van der Waals surface area contributed by atoms with Crippen LogP contribution in [0.2, 0.25) is 0 Å². The second-order valence-electron chi connectivity index (χ2n) is 6.22. The number of ether oxygens (including phenoxy) is 1. The van der Waals surface area contributed by atoms with Crippen molar-refractivity contribution < 1.29 is 32.3 Å². The van der Waals surface area contributed by atoms with Crippen LogP contribution in [0.15, 0.2) is 35.2 Å². The predicted molar refractivity (Wildman–Crippen MR) is 84.5 cm³/mol. The molecule has 1 aliphatic rings. The number of hydrogen-bond donors (Lipinski definition) is 1. The molecule has 0 aliphatic heterocycles. The SMILES string of the molecule is COC(=O)[C@]1(OS(=O)(=O)c2ccccc2)C[C@H](C)[C@@H](C)[C@H](OO)C1. The lowest BCUT2D eigenvalue weighted by molar-refractivity contribution is -0.307. The number of carbonyl (C=O) groups excluding carboxylic acids is 1. The maximum absolute atomic E-state index is 12.6. The van der Waals surface area contributed by atoms with E-state index in [1.54, 1.807) is 18.2 Å². The lowest BCUT2D eigenvalue weighted by Gasteiger charge is -2.42. The van der Waals surface area contributed by atoms with Crippen molar-refractivity contribution in [3.05, 3.63) is 30.3 Å². The first-order valence-corrected chi connectivity index (χ1v) is 9.06. The molecule has 8 heteroatoms. The Balaban J connectivity index is 2.41. The molecule has 1 saturated carbocycles. The van der Waals surface area contributed by atoms with Crippen molar-refractivity contribution in [3.63, 3.8) is 0 Å². The standard InChI is InChI=1S/C16H22O7S/c1-11-9-16(15(17)21-3,10-14(22-18)12(11)2)23-24(19,20)13-7-5-4-6-8-13/h4-8,11-12,14,18H,9-10H2,1-3H3/t11-,12+,14+,16-/m0/s1. The molecule has 2 rings (SSSR count). The maximum Gasteiger partial charge on any atom is 0.339 e. The lowest BCUT2D eigenvalue weighted by Crippen LogP contribution is -2.54. The Morgan fingerprint density at radius 2 is 1.83 bits per heavy atom. The first kappa shape index (κ1) is 18.9. The molecule has 1 aliphatic carbocycles. The zero-order valence-electron chi connectivity index (χ0n) is 13.8. The molecule has 134 valence electrons. The molecular formula is C16H22O7S. The molecule has 4 atom stereocenters. The third kappa shape index (κ3) is 3.61. The molecule has 24 heavy (non-hydrogen) atoms.